The van der Waals surface area contributed by atoms with Crippen molar-refractivity contribution in [3.63, 3.8) is 0 Å². The Morgan fingerprint density at radius 3 is 1.23 bits per heavy atom. The Labute approximate surface area is 549 Å². The summed E-state index contributed by atoms with van der Waals surface area (Å²) >= 11 is 0. The fourth-order valence-corrected chi connectivity index (χ4v) is 14.7. The van der Waals surface area contributed by atoms with Gasteiger partial charge in [0.1, 0.15) is 45.7 Å². The molecule has 506 valence electrons. The predicted octanol–water partition coefficient (Wildman–Crippen LogP) is 2.37. The number of nitrogens with one attached hydrogen (secondary N) is 2. The number of hydrogen-bond acceptors (Lipinski definition) is 22. The number of nitrogens with zero attached hydrogens (tertiary/aromatic N) is 6. The lowest BCUT2D eigenvalue weighted by Crippen LogP contribution is -2.65. The van der Waals surface area contributed by atoms with Gasteiger partial charge in [-0.3, -0.25) is 48.2 Å². The SMILES string of the molecule is CN(C)CCCNC(=O)c1cccc(-c2cc(N(C)C)c3c(c2O)C(O)=C2C(=O)[C@]4(O)C(O)=C(C(N)=O)C(=O)[C@@H](N(C)C)[C@@H]4C[C@@H]2C3)c1.CN(C)CCNC(=O)c1cccc(-c2cc(N(C)C)c3c(c2O)C(O)=C2C(=O)[C@]4(O)C(O)=C(C(N)=O)C(=O)[C@@H](N(C)C)[C@@H]4C[C@@H]2C3)c1. The lowest BCUT2D eigenvalue weighted by Gasteiger charge is -2.50. The first-order valence-corrected chi connectivity index (χ1v) is 31.0. The van der Waals surface area contributed by atoms with E-state index < -0.39 is 116 Å². The van der Waals surface area contributed by atoms with Crippen LogP contribution in [0, 0.1) is 23.7 Å². The number of aliphatic hydroxyl groups excluding tert-OH is 4. The van der Waals surface area contributed by atoms with Crippen LogP contribution in [0.2, 0.25) is 0 Å². The van der Waals surface area contributed by atoms with Crippen LogP contribution in [0.15, 0.2) is 94.5 Å². The number of Topliss-reactive ketones (excluding diaryl/α,β-unsaturated/α-hetero) is 4. The number of aromatic hydroxyl groups is 2. The highest BCUT2D eigenvalue weighted by Crippen LogP contribution is 2.57. The minimum Gasteiger partial charge on any atom is -0.508 e. The number of ketones is 4. The number of fused-ring (bicyclic) bond motifs is 6. The summed E-state index contributed by atoms with van der Waals surface area (Å²) in [6.07, 6.45) is 1.07. The van der Waals surface area contributed by atoms with Crippen LogP contribution in [0.4, 0.5) is 11.4 Å². The van der Waals surface area contributed by atoms with Crippen molar-refractivity contribution in [1.29, 1.82) is 0 Å². The van der Waals surface area contributed by atoms with Gasteiger partial charge < -0.3 is 82.6 Å². The van der Waals surface area contributed by atoms with Crippen molar-refractivity contribution in [3.05, 3.63) is 128 Å². The Bertz CT molecular complexity index is 4050. The van der Waals surface area contributed by atoms with Gasteiger partial charge in [-0.15, -0.1) is 0 Å². The number of rotatable bonds is 17. The molecule has 4 aromatic carbocycles. The predicted molar refractivity (Wildman–Crippen MR) is 354 cm³/mol. The number of likely N-dealkylation sites (N-methyl/N-ethyl adjacent to an activating group) is 3. The number of hydrogen-bond donors (Lipinski definition) is 12. The standard InChI is InChI=1S/C35H43N5O8.C34H41N5O8/c1-38(2)12-8-11-37-34(47)18-10-7-9-17(13-18)20-16-23(39(3)4)21-14-19-15-22-27(40(5)6)30(43)26(33(36)46)32(45)35(22,48)31(44)24(19)29(42)25(21)28(20)41;1-37(2)11-10-36-33(46)17-9-7-8-16(12-17)19-15-22(38(3)4)20-13-18-14-21-26(39(5)6)29(42)25(32(35)45)31(44)34(21,47)30(43)23(18)28(41)24(20)27(19)40/h7,9-10,13,16,19,22,27,41-42,45,48H,8,11-12,14-15H2,1-6H3,(H2,36,46)(H,37,47);7-9,12,15,18,21,26,40-41,44,47H,10-11,13-14H2,1-6H3,(H2,35,45)(H,36,46)/t19-,22-,27-,35-;18-,21-,26-,34-/m00/s1. The molecule has 26 nitrogen and oxygen atoms in total. The molecule has 0 radical (unpaired) electrons. The molecular formula is C69H84N10O16. The second kappa shape index (κ2) is 26.4. The summed E-state index contributed by atoms with van der Waals surface area (Å²) in [6.45, 7) is 2.38. The van der Waals surface area contributed by atoms with Crippen LogP contribution >= 0.6 is 0 Å². The third kappa shape index (κ3) is 12.0. The summed E-state index contributed by atoms with van der Waals surface area (Å²) in [5, 5.41) is 98.9. The van der Waals surface area contributed by atoms with E-state index in [-0.39, 0.29) is 76.8 Å². The van der Waals surface area contributed by atoms with E-state index in [4.69, 9.17) is 11.5 Å². The van der Waals surface area contributed by atoms with Gasteiger partial charge in [0.25, 0.3) is 23.6 Å². The number of nitrogens with two attached hydrogens (primary N) is 2. The van der Waals surface area contributed by atoms with Crippen LogP contribution in [0.5, 0.6) is 11.5 Å². The molecule has 0 saturated heterocycles. The number of primary amides is 2. The number of benzene rings is 4. The largest absolute Gasteiger partial charge is 0.508 e. The number of carbonyl (C=O) groups is 8. The van der Waals surface area contributed by atoms with Gasteiger partial charge in [-0.25, -0.2) is 0 Å². The van der Waals surface area contributed by atoms with Gasteiger partial charge in [0.2, 0.25) is 11.6 Å². The van der Waals surface area contributed by atoms with Crippen molar-refractivity contribution in [2.24, 2.45) is 35.1 Å². The molecule has 14 N–H and O–H groups in total. The molecule has 2 saturated carbocycles. The number of anilines is 2. The van der Waals surface area contributed by atoms with Gasteiger partial charge in [-0.05, 0) is 166 Å². The maximum atomic E-state index is 14.3. The highest BCUT2D eigenvalue weighted by Gasteiger charge is 2.66. The molecule has 26 heteroatoms. The molecule has 0 aliphatic heterocycles. The van der Waals surface area contributed by atoms with E-state index in [0.29, 0.717) is 70.0 Å². The molecule has 4 aromatic rings. The number of phenolic OH excluding ortho intramolecular Hbond substituents is 2. The Hall–Kier alpha value is -9.44. The summed E-state index contributed by atoms with van der Waals surface area (Å²) < 4.78 is 0. The molecule has 6 aliphatic carbocycles. The number of phenols is 2. The van der Waals surface area contributed by atoms with Crippen molar-refractivity contribution >= 4 is 69.7 Å². The first-order valence-electron chi connectivity index (χ1n) is 31.0. The van der Waals surface area contributed by atoms with E-state index >= 15 is 0 Å². The van der Waals surface area contributed by atoms with Crippen molar-refractivity contribution < 1.29 is 79.2 Å². The van der Waals surface area contributed by atoms with Crippen LogP contribution < -0.4 is 31.9 Å². The summed E-state index contributed by atoms with van der Waals surface area (Å²) in [6, 6.07) is 14.5. The lowest BCUT2D eigenvalue weighted by atomic mass is 9.57. The third-order valence-corrected chi connectivity index (χ3v) is 19.1. The van der Waals surface area contributed by atoms with Crippen LogP contribution in [-0.4, -0.2) is 241 Å². The maximum absolute atomic E-state index is 14.3. The molecule has 6 aliphatic rings. The Morgan fingerprint density at radius 1 is 0.526 bits per heavy atom. The van der Waals surface area contributed by atoms with E-state index in [9.17, 15) is 79.2 Å². The smallest absolute Gasteiger partial charge is 0.255 e. The minimum absolute atomic E-state index is 0.00710. The van der Waals surface area contributed by atoms with E-state index in [2.05, 4.69) is 10.6 Å². The van der Waals surface area contributed by atoms with Gasteiger partial charge in [0.15, 0.2) is 22.8 Å². The molecular weight excluding hydrogens is 1220 g/mol. The van der Waals surface area contributed by atoms with Gasteiger partial charge in [-0.1, -0.05) is 24.3 Å². The number of aliphatic hydroxyl groups is 6. The Morgan fingerprint density at radius 2 is 0.895 bits per heavy atom. The quantitative estimate of drug-likeness (QED) is 0.0533. The zero-order chi connectivity index (χ0) is 70.1. The van der Waals surface area contributed by atoms with Gasteiger partial charge in [0.05, 0.1) is 23.2 Å². The van der Waals surface area contributed by atoms with Gasteiger partial charge in [0, 0.05) is 104 Å². The third-order valence-electron chi connectivity index (χ3n) is 19.1. The first-order chi connectivity index (χ1) is 44.5. The Kier molecular flexibility index (Phi) is 19.4. The molecule has 0 bridgehead atoms. The van der Waals surface area contributed by atoms with Crippen LogP contribution in [0.25, 0.3) is 33.8 Å². The molecule has 0 aromatic heterocycles. The van der Waals surface area contributed by atoms with Crippen molar-refractivity contribution in [2.75, 3.05) is 121 Å². The van der Waals surface area contributed by atoms with Crippen molar-refractivity contribution in [1.82, 2.24) is 30.2 Å². The van der Waals surface area contributed by atoms with Crippen molar-refractivity contribution in [3.8, 4) is 33.8 Å². The number of carbonyl (C=O) groups excluding carboxylic acids is 8. The zero-order valence-electron chi connectivity index (χ0n) is 55.3. The lowest BCUT2D eigenvalue weighted by molar-refractivity contribution is -0.155. The fraction of sp³-hybridized carbons (Fsp3) is 0.420. The maximum Gasteiger partial charge on any atom is 0.255 e. The van der Waals surface area contributed by atoms with Gasteiger partial charge in [-0.2, -0.15) is 0 Å². The minimum atomic E-state index is -2.73. The zero-order valence-corrected chi connectivity index (χ0v) is 55.3. The molecule has 10 rings (SSSR count). The molecule has 0 unspecified atom stereocenters. The summed E-state index contributed by atoms with van der Waals surface area (Å²) in [4.78, 5) is 116. The van der Waals surface area contributed by atoms with E-state index in [1.807, 2.05) is 42.9 Å². The molecule has 4 amide bonds. The number of amides is 4. The molecule has 2 fully saturated rings. The van der Waals surface area contributed by atoms with Crippen LogP contribution in [0.3, 0.4) is 0 Å². The summed E-state index contributed by atoms with van der Waals surface area (Å²) in [7, 11) is 21.1. The average Bonchev–Trinajstić information content (AvgIpc) is 0.705. The molecule has 0 spiro atoms. The Balaban J connectivity index is 0.000000223. The topological polar surface area (TPSA) is 394 Å². The molecule has 0 heterocycles. The van der Waals surface area contributed by atoms with E-state index in [1.54, 1.807) is 122 Å². The monoisotopic (exact) mass is 1310 g/mol. The highest BCUT2D eigenvalue weighted by molar-refractivity contribution is 6.26. The molecule has 8 atom stereocenters. The highest BCUT2D eigenvalue weighted by atomic mass is 16.4. The van der Waals surface area contributed by atoms with E-state index in [1.165, 1.54) is 9.80 Å². The second-order valence-electron chi connectivity index (χ2n) is 26.6. The van der Waals surface area contributed by atoms with E-state index in [0.717, 1.165) is 13.0 Å². The van der Waals surface area contributed by atoms with Crippen LogP contribution in [-0.2, 0) is 41.6 Å². The first kappa shape index (κ1) is 69.9. The van der Waals surface area contributed by atoms with Crippen molar-refractivity contribution in [2.45, 2.75) is 55.4 Å². The summed E-state index contributed by atoms with van der Waals surface area (Å²) in [5.74, 6) is -14.8. The van der Waals surface area contributed by atoms with Gasteiger partial charge >= 0.3 is 0 Å². The normalized spacial score (nSPS) is 23.8. The average molecular weight is 1310 g/mol. The molecule has 95 heavy (non-hydrogen) atoms. The van der Waals surface area contributed by atoms with Crippen LogP contribution in [0.1, 0.15) is 62.2 Å². The fourth-order valence-electron chi connectivity index (χ4n) is 14.7. The second-order valence-corrected chi connectivity index (χ2v) is 26.6. The summed E-state index contributed by atoms with van der Waals surface area (Å²) in [5.41, 5.74) is 7.78.